The molecule has 27 heavy (non-hydrogen) atoms. The van der Waals surface area contributed by atoms with E-state index >= 15 is 0 Å². The molecule has 0 aliphatic carbocycles. The van der Waals surface area contributed by atoms with E-state index < -0.39 is 0 Å². The molecule has 0 atom stereocenters. The Balaban J connectivity index is 1.50. The number of rotatable bonds is 7. The van der Waals surface area contributed by atoms with Crippen molar-refractivity contribution in [3.8, 4) is 5.69 Å². The van der Waals surface area contributed by atoms with Gasteiger partial charge in [-0.15, -0.1) is 0 Å². The smallest absolute Gasteiger partial charge is 0.268 e. The lowest BCUT2D eigenvalue weighted by molar-refractivity contribution is -0.121. The maximum atomic E-state index is 12.5. The molecule has 3 rings (SSSR count). The molecule has 0 fully saturated rings. The molecule has 3 aromatic rings. The van der Waals surface area contributed by atoms with Crippen molar-refractivity contribution < 1.29 is 9.59 Å². The zero-order chi connectivity index (χ0) is 19.1. The largest absolute Gasteiger partial charge is 0.352 e. The van der Waals surface area contributed by atoms with Crippen LogP contribution in [0.15, 0.2) is 67.1 Å². The topological polar surface area (TPSA) is 76.0 Å². The van der Waals surface area contributed by atoms with Gasteiger partial charge in [-0.25, -0.2) is 0 Å². The molecule has 2 aromatic heterocycles. The minimum Gasteiger partial charge on any atom is -0.352 e. The fraction of sp³-hybridized carbons (Fsp3) is 0.150. The van der Waals surface area contributed by atoms with Gasteiger partial charge >= 0.3 is 0 Å². The van der Waals surface area contributed by atoms with Gasteiger partial charge in [0.25, 0.3) is 5.91 Å². The Bertz CT molecular complexity index is 924. The molecule has 6 nitrogen and oxygen atoms in total. The second-order valence-corrected chi connectivity index (χ2v) is 7.13. The number of benzene rings is 1. The van der Waals surface area contributed by atoms with Gasteiger partial charge in [-0.2, -0.15) is 0 Å². The average molecular weight is 474 g/mol. The fourth-order valence-corrected chi connectivity index (χ4v) is 3.11. The van der Waals surface area contributed by atoms with Gasteiger partial charge in [-0.3, -0.25) is 14.6 Å². The summed E-state index contributed by atoms with van der Waals surface area (Å²) in [4.78, 5) is 28.3. The number of halogens is 1. The minimum absolute atomic E-state index is 0.111. The van der Waals surface area contributed by atoms with Crippen LogP contribution < -0.4 is 10.6 Å². The van der Waals surface area contributed by atoms with Crippen molar-refractivity contribution in [2.45, 2.75) is 13.0 Å². The predicted octanol–water partition coefficient (Wildman–Crippen LogP) is 2.91. The van der Waals surface area contributed by atoms with Crippen molar-refractivity contribution in [2.24, 2.45) is 0 Å². The van der Waals surface area contributed by atoms with Crippen LogP contribution in [0.4, 0.5) is 0 Å². The Morgan fingerprint density at radius 2 is 1.85 bits per heavy atom. The first-order chi connectivity index (χ1) is 13.1. The Kier molecular flexibility index (Phi) is 6.59. The summed E-state index contributed by atoms with van der Waals surface area (Å²) >= 11 is 2.24. The van der Waals surface area contributed by atoms with Gasteiger partial charge in [0.15, 0.2) is 0 Å². The predicted molar refractivity (Wildman–Crippen MR) is 112 cm³/mol. The van der Waals surface area contributed by atoms with Gasteiger partial charge in [0, 0.05) is 47.4 Å². The summed E-state index contributed by atoms with van der Waals surface area (Å²) in [6.07, 6.45) is 5.44. The fourth-order valence-electron chi connectivity index (χ4n) is 2.59. The molecule has 0 bridgehead atoms. The second kappa shape index (κ2) is 9.31. The van der Waals surface area contributed by atoms with Gasteiger partial charge < -0.3 is 15.2 Å². The van der Waals surface area contributed by atoms with E-state index in [1.54, 1.807) is 18.5 Å². The standard InChI is InChI=1S/C20H19IN4O2/c21-16-3-1-4-17(13-16)25-12-2-5-18(25)20(27)23-11-8-19(26)24-14-15-6-9-22-10-7-15/h1-7,9-10,12-13H,8,11,14H2,(H,23,27)(H,24,26). The molecule has 2 heterocycles. The maximum absolute atomic E-state index is 12.5. The second-order valence-electron chi connectivity index (χ2n) is 5.88. The van der Waals surface area contributed by atoms with Crippen LogP contribution in [0.2, 0.25) is 0 Å². The van der Waals surface area contributed by atoms with Crippen LogP contribution in [-0.2, 0) is 11.3 Å². The summed E-state index contributed by atoms with van der Waals surface area (Å²) in [6.45, 7) is 0.726. The monoisotopic (exact) mass is 474 g/mol. The zero-order valence-electron chi connectivity index (χ0n) is 14.6. The summed E-state index contributed by atoms with van der Waals surface area (Å²) in [5, 5.41) is 5.63. The first-order valence-corrected chi connectivity index (χ1v) is 9.58. The summed E-state index contributed by atoms with van der Waals surface area (Å²) in [6, 6.07) is 15.2. The van der Waals surface area contributed by atoms with Gasteiger partial charge in [-0.1, -0.05) is 6.07 Å². The number of carbonyl (C=O) groups excluding carboxylic acids is 2. The molecule has 0 spiro atoms. The van der Waals surface area contributed by atoms with E-state index in [-0.39, 0.29) is 24.8 Å². The third-order valence-corrected chi connectivity index (χ3v) is 4.62. The van der Waals surface area contributed by atoms with E-state index in [0.717, 1.165) is 14.8 Å². The van der Waals surface area contributed by atoms with E-state index in [4.69, 9.17) is 0 Å². The molecule has 138 valence electrons. The van der Waals surface area contributed by atoms with Gasteiger partial charge in [0.05, 0.1) is 0 Å². The Hall–Kier alpha value is -2.68. The maximum Gasteiger partial charge on any atom is 0.268 e. The van der Waals surface area contributed by atoms with Crippen LogP contribution in [0, 0.1) is 3.57 Å². The van der Waals surface area contributed by atoms with Crippen LogP contribution >= 0.6 is 22.6 Å². The highest BCUT2D eigenvalue weighted by Gasteiger charge is 2.12. The van der Waals surface area contributed by atoms with Crippen LogP contribution in [0.5, 0.6) is 0 Å². The van der Waals surface area contributed by atoms with Crippen LogP contribution in [-0.4, -0.2) is 27.9 Å². The number of hydrogen-bond donors (Lipinski definition) is 2. The third kappa shape index (κ3) is 5.40. The lowest BCUT2D eigenvalue weighted by Crippen LogP contribution is -2.31. The third-order valence-electron chi connectivity index (χ3n) is 3.94. The molecule has 7 heteroatoms. The van der Waals surface area contributed by atoms with E-state index in [2.05, 4.69) is 38.2 Å². The average Bonchev–Trinajstić information content (AvgIpc) is 3.17. The van der Waals surface area contributed by atoms with E-state index in [9.17, 15) is 9.59 Å². The Morgan fingerprint density at radius 1 is 1.04 bits per heavy atom. The van der Waals surface area contributed by atoms with Crippen LogP contribution in [0.1, 0.15) is 22.5 Å². The molecule has 1 aromatic carbocycles. The molecule has 0 unspecified atom stereocenters. The highest BCUT2D eigenvalue weighted by atomic mass is 127. The van der Waals surface area contributed by atoms with Gasteiger partial charge in [0.1, 0.15) is 5.69 Å². The summed E-state index contributed by atoms with van der Waals surface area (Å²) in [5.74, 6) is -0.319. The van der Waals surface area contributed by atoms with E-state index in [0.29, 0.717) is 12.2 Å². The molecular formula is C20H19IN4O2. The Labute approximate surface area is 171 Å². The number of hydrogen-bond acceptors (Lipinski definition) is 3. The highest BCUT2D eigenvalue weighted by molar-refractivity contribution is 14.1. The molecule has 0 radical (unpaired) electrons. The quantitative estimate of drug-likeness (QED) is 0.518. The highest BCUT2D eigenvalue weighted by Crippen LogP contribution is 2.15. The molecular weight excluding hydrogens is 455 g/mol. The van der Waals surface area contributed by atoms with Crippen LogP contribution in [0.3, 0.4) is 0 Å². The van der Waals surface area contributed by atoms with Crippen molar-refractivity contribution in [1.29, 1.82) is 0 Å². The number of carbonyl (C=O) groups is 2. The zero-order valence-corrected chi connectivity index (χ0v) is 16.7. The number of pyridine rings is 1. The van der Waals surface area contributed by atoms with Gasteiger partial charge in [-0.05, 0) is 70.6 Å². The SMILES string of the molecule is O=C(CCNC(=O)c1cccn1-c1cccc(I)c1)NCc1ccncc1. The molecule has 2 amide bonds. The molecule has 0 saturated heterocycles. The number of aromatic nitrogens is 2. The van der Waals surface area contributed by atoms with Crippen LogP contribution in [0.25, 0.3) is 5.69 Å². The number of amides is 2. The van der Waals surface area contributed by atoms with Gasteiger partial charge in [0.2, 0.25) is 5.91 Å². The number of nitrogens with zero attached hydrogens (tertiary/aromatic N) is 2. The van der Waals surface area contributed by atoms with E-state index in [1.807, 2.05) is 53.2 Å². The minimum atomic E-state index is -0.208. The summed E-state index contributed by atoms with van der Waals surface area (Å²) < 4.78 is 2.93. The number of nitrogens with one attached hydrogen (secondary N) is 2. The normalized spacial score (nSPS) is 10.4. The van der Waals surface area contributed by atoms with Crippen molar-refractivity contribution >= 4 is 34.4 Å². The Morgan fingerprint density at radius 3 is 2.63 bits per heavy atom. The first kappa shape index (κ1) is 19.1. The van der Waals surface area contributed by atoms with Crippen molar-refractivity contribution in [3.05, 3.63) is 81.9 Å². The first-order valence-electron chi connectivity index (χ1n) is 8.50. The molecule has 0 saturated carbocycles. The summed E-state index contributed by atoms with van der Waals surface area (Å²) in [7, 11) is 0. The van der Waals surface area contributed by atoms with E-state index in [1.165, 1.54) is 0 Å². The summed E-state index contributed by atoms with van der Waals surface area (Å²) in [5.41, 5.74) is 2.44. The lowest BCUT2D eigenvalue weighted by Gasteiger charge is -2.10. The molecule has 0 aliphatic heterocycles. The van der Waals surface area contributed by atoms with Crippen molar-refractivity contribution in [3.63, 3.8) is 0 Å². The van der Waals surface area contributed by atoms with Crippen molar-refractivity contribution in [1.82, 2.24) is 20.2 Å². The molecule has 2 N–H and O–H groups in total. The van der Waals surface area contributed by atoms with Crippen molar-refractivity contribution in [2.75, 3.05) is 6.54 Å². The lowest BCUT2D eigenvalue weighted by atomic mass is 10.2. The molecule has 0 aliphatic rings.